The Morgan fingerprint density at radius 1 is 1.16 bits per heavy atom. The summed E-state index contributed by atoms with van der Waals surface area (Å²) >= 11 is 3.49. The first-order valence-electron chi connectivity index (χ1n) is 7.89. The molecule has 5 nitrogen and oxygen atoms in total. The van der Waals surface area contributed by atoms with Gasteiger partial charge in [0.25, 0.3) is 5.91 Å². The SMILES string of the molecule is CCN1C(=O)N/C(=C/c2ccc(OCc3ccccc3)c(Br)c2)C1=O. The minimum Gasteiger partial charge on any atom is -0.488 e. The van der Waals surface area contributed by atoms with Crippen molar-refractivity contribution < 1.29 is 14.3 Å². The molecule has 0 bridgehead atoms. The van der Waals surface area contributed by atoms with Crippen LogP contribution >= 0.6 is 15.9 Å². The van der Waals surface area contributed by atoms with E-state index in [0.29, 0.717) is 18.9 Å². The van der Waals surface area contributed by atoms with Crippen LogP contribution in [0.3, 0.4) is 0 Å². The number of hydrogen-bond acceptors (Lipinski definition) is 3. The number of ether oxygens (including phenoxy) is 1. The van der Waals surface area contributed by atoms with Gasteiger partial charge in [0.15, 0.2) is 0 Å². The zero-order valence-electron chi connectivity index (χ0n) is 13.7. The van der Waals surface area contributed by atoms with Crippen molar-refractivity contribution in [2.75, 3.05) is 6.54 Å². The molecule has 0 spiro atoms. The van der Waals surface area contributed by atoms with Crippen molar-refractivity contribution in [3.8, 4) is 5.75 Å². The molecule has 0 radical (unpaired) electrons. The average molecular weight is 401 g/mol. The topological polar surface area (TPSA) is 58.6 Å². The number of halogens is 1. The first-order valence-corrected chi connectivity index (χ1v) is 8.68. The number of benzene rings is 2. The highest BCUT2D eigenvalue weighted by atomic mass is 79.9. The number of nitrogens with zero attached hydrogens (tertiary/aromatic N) is 1. The number of likely N-dealkylation sites (N-methyl/N-ethyl adjacent to an activating group) is 1. The van der Waals surface area contributed by atoms with Gasteiger partial charge in [0.2, 0.25) is 0 Å². The molecule has 0 aromatic heterocycles. The Morgan fingerprint density at radius 2 is 1.92 bits per heavy atom. The summed E-state index contributed by atoms with van der Waals surface area (Å²) < 4.78 is 6.59. The van der Waals surface area contributed by atoms with E-state index in [2.05, 4.69) is 21.2 Å². The van der Waals surface area contributed by atoms with E-state index < -0.39 is 0 Å². The van der Waals surface area contributed by atoms with E-state index in [9.17, 15) is 9.59 Å². The Bertz CT molecular complexity index is 834. The Morgan fingerprint density at radius 3 is 2.56 bits per heavy atom. The number of hydrogen-bond donors (Lipinski definition) is 1. The number of carbonyl (C=O) groups excluding carboxylic acids is 2. The molecule has 1 fully saturated rings. The largest absolute Gasteiger partial charge is 0.488 e. The maximum Gasteiger partial charge on any atom is 0.328 e. The molecule has 2 aromatic rings. The number of imide groups is 1. The molecule has 3 rings (SSSR count). The fourth-order valence-corrected chi connectivity index (χ4v) is 3.00. The van der Waals surface area contributed by atoms with Crippen LogP contribution in [-0.2, 0) is 11.4 Å². The van der Waals surface area contributed by atoms with Crippen LogP contribution in [0.2, 0.25) is 0 Å². The van der Waals surface area contributed by atoms with Crippen molar-refractivity contribution in [2.45, 2.75) is 13.5 Å². The fourth-order valence-electron chi connectivity index (χ4n) is 2.48. The molecule has 1 N–H and O–H groups in total. The standard InChI is InChI=1S/C19H17BrN2O3/c1-2-22-18(23)16(21-19(22)24)11-14-8-9-17(15(20)10-14)25-12-13-6-4-3-5-7-13/h3-11H,2,12H2,1H3,(H,21,24)/b16-11+. The second kappa shape index (κ2) is 7.53. The number of urea groups is 1. The van der Waals surface area contributed by atoms with Gasteiger partial charge in [0.05, 0.1) is 4.47 Å². The van der Waals surface area contributed by atoms with E-state index in [-0.39, 0.29) is 17.6 Å². The maximum atomic E-state index is 12.1. The summed E-state index contributed by atoms with van der Waals surface area (Å²) in [6, 6.07) is 15.0. The van der Waals surface area contributed by atoms with Crippen LogP contribution in [-0.4, -0.2) is 23.4 Å². The van der Waals surface area contributed by atoms with E-state index in [1.807, 2.05) is 48.5 Å². The average Bonchev–Trinajstić information content (AvgIpc) is 2.88. The van der Waals surface area contributed by atoms with Gasteiger partial charge in [-0.25, -0.2) is 4.79 Å². The number of amides is 3. The van der Waals surface area contributed by atoms with E-state index in [0.717, 1.165) is 20.5 Å². The minimum atomic E-state index is -0.388. The number of nitrogens with one attached hydrogen (secondary N) is 1. The lowest BCUT2D eigenvalue weighted by molar-refractivity contribution is -0.122. The molecule has 1 aliphatic heterocycles. The third kappa shape index (κ3) is 3.91. The number of rotatable bonds is 5. The fraction of sp³-hybridized carbons (Fsp3) is 0.158. The highest BCUT2D eigenvalue weighted by Crippen LogP contribution is 2.28. The van der Waals surface area contributed by atoms with Crippen molar-refractivity contribution in [3.63, 3.8) is 0 Å². The highest BCUT2D eigenvalue weighted by Gasteiger charge is 2.31. The van der Waals surface area contributed by atoms with E-state index in [1.54, 1.807) is 13.0 Å². The van der Waals surface area contributed by atoms with E-state index in [4.69, 9.17) is 4.74 Å². The molecule has 25 heavy (non-hydrogen) atoms. The molecule has 128 valence electrons. The summed E-state index contributed by atoms with van der Waals surface area (Å²) in [6.45, 7) is 2.58. The maximum absolute atomic E-state index is 12.1. The van der Waals surface area contributed by atoms with Crippen LogP contribution < -0.4 is 10.1 Å². The molecule has 0 unspecified atom stereocenters. The zero-order chi connectivity index (χ0) is 17.8. The van der Waals surface area contributed by atoms with Crippen molar-refractivity contribution in [2.24, 2.45) is 0 Å². The molecule has 2 aromatic carbocycles. The van der Waals surface area contributed by atoms with Gasteiger partial charge < -0.3 is 10.1 Å². The van der Waals surface area contributed by atoms with Gasteiger partial charge in [-0.05, 0) is 52.2 Å². The van der Waals surface area contributed by atoms with Crippen LogP contribution in [0.15, 0.2) is 58.7 Å². The van der Waals surface area contributed by atoms with Crippen molar-refractivity contribution >= 4 is 33.9 Å². The minimum absolute atomic E-state index is 0.275. The van der Waals surface area contributed by atoms with Crippen molar-refractivity contribution in [1.82, 2.24) is 10.2 Å². The summed E-state index contributed by atoms with van der Waals surface area (Å²) in [4.78, 5) is 24.9. The summed E-state index contributed by atoms with van der Waals surface area (Å²) in [5.74, 6) is 0.399. The quantitative estimate of drug-likeness (QED) is 0.610. The lowest BCUT2D eigenvalue weighted by Gasteiger charge is -2.09. The van der Waals surface area contributed by atoms with Crippen LogP contribution in [0.25, 0.3) is 6.08 Å². The first kappa shape index (κ1) is 17.2. The van der Waals surface area contributed by atoms with Crippen LogP contribution in [0.5, 0.6) is 5.75 Å². The van der Waals surface area contributed by atoms with Gasteiger partial charge in [-0.15, -0.1) is 0 Å². The Labute approximate surface area is 154 Å². The molecule has 3 amide bonds. The summed E-state index contributed by atoms with van der Waals surface area (Å²) in [7, 11) is 0. The van der Waals surface area contributed by atoms with Crippen LogP contribution in [0.1, 0.15) is 18.1 Å². The van der Waals surface area contributed by atoms with Crippen LogP contribution in [0.4, 0.5) is 4.79 Å². The molecular weight excluding hydrogens is 384 g/mol. The molecule has 6 heteroatoms. The smallest absolute Gasteiger partial charge is 0.328 e. The normalized spacial score (nSPS) is 15.6. The van der Waals surface area contributed by atoms with Crippen molar-refractivity contribution in [1.29, 1.82) is 0 Å². The monoisotopic (exact) mass is 400 g/mol. The summed E-state index contributed by atoms with van der Waals surface area (Å²) in [6.07, 6.45) is 1.65. The Kier molecular flexibility index (Phi) is 5.19. The second-order valence-corrected chi connectivity index (χ2v) is 6.36. The molecule has 1 heterocycles. The van der Waals surface area contributed by atoms with Gasteiger partial charge in [0, 0.05) is 6.54 Å². The predicted molar refractivity (Wildman–Crippen MR) is 98.8 cm³/mol. The van der Waals surface area contributed by atoms with Crippen molar-refractivity contribution in [3.05, 3.63) is 69.8 Å². The molecule has 0 atom stereocenters. The van der Waals surface area contributed by atoms with E-state index in [1.165, 1.54) is 0 Å². The predicted octanol–water partition coefficient (Wildman–Crippen LogP) is 3.94. The zero-order valence-corrected chi connectivity index (χ0v) is 15.2. The Balaban J connectivity index is 1.73. The van der Waals surface area contributed by atoms with Gasteiger partial charge in [-0.3, -0.25) is 9.69 Å². The Hall–Kier alpha value is -2.60. The summed E-state index contributed by atoms with van der Waals surface area (Å²) in [5.41, 5.74) is 2.15. The number of carbonyl (C=O) groups is 2. The molecule has 0 saturated carbocycles. The molecule has 1 saturated heterocycles. The third-order valence-corrected chi connectivity index (χ3v) is 4.40. The van der Waals surface area contributed by atoms with Gasteiger partial charge in [-0.2, -0.15) is 0 Å². The first-order chi connectivity index (χ1) is 12.1. The molecule has 1 aliphatic rings. The molecular formula is C19H17BrN2O3. The van der Waals surface area contributed by atoms with E-state index >= 15 is 0 Å². The highest BCUT2D eigenvalue weighted by molar-refractivity contribution is 9.10. The summed E-state index contributed by atoms with van der Waals surface area (Å²) in [5, 5.41) is 2.59. The van der Waals surface area contributed by atoms with Gasteiger partial charge in [0.1, 0.15) is 18.1 Å². The lowest BCUT2D eigenvalue weighted by atomic mass is 10.2. The second-order valence-electron chi connectivity index (χ2n) is 5.50. The van der Waals surface area contributed by atoms with Gasteiger partial charge in [-0.1, -0.05) is 36.4 Å². The molecule has 0 aliphatic carbocycles. The lowest BCUT2D eigenvalue weighted by Crippen LogP contribution is -2.30. The van der Waals surface area contributed by atoms with Crippen LogP contribution in [0, 0.1) is 0 Å². The third-order valence-electron chi connectivity index (χ3n) is 3.78. The van der Waals surface area contributed by atoms with Gasteiger partial charge >= 0.3 is 6.03 Å².